The summed E-state index contributed by atoms with van der Waals surface area (Å²) >= 11 is 0. The van der Waals surface area contributed by atoms with Crippen LogP contribution in [0.25, 0.3) is 0 Å². The van der Waals surface area contributed by atoms with Crippen molar-refractivity contribution in [1.82, 2.24) is 0 Å². The average Bonchev–Trinajstić information content (AvgIpc) is 2.44. The highest BCUT2D eigenvalue weighted by molar-refractivity contribution is 4.58. The maximum absolute atomic E-state index is 9.42. The van der Waals surface area contributed by atoms with E-state index in [-0.39, 0.29) is 32.5 Å². The van der Waals surface area contributed by atoms with Crippen LogP contribution in [0.1, 0.15) is 12.8 Å². The van der Waals surface area contributed by atoms with Gasteiger partial charge in [-0.15, -0.1) is 0 Å². The first kappa shape index (κ1) is 19.7. The van der Waals surface area contributed by atoms with Crippen LogP contribution >= 0.6 is 0 Å². The number of ether oxygens (including phenoxy) is 4. The normalized spacial score (nSPS) is 14.4. The minimum Gasteiger partial charge on any atom is -0.394 e. The van der Waals surface area contributed by atoms with Gasteiger partial charge in [-0.1, -0.05) is 0 Å². The Labute approximate surface area is 120 Å². The summed E-state index contributed by atoms with van der Waals surface area (Å²) in [5, 5.41) is 26.8. The standard InChI is InChI=1S/C13H28O7/c1-17-10-12(16)2-6-18-7-3-13(20-9-5-15)11-19-8-4-14/h12-16H,2-11H2,1H3. The Hall–Kier alpha value is -0.280. The maximum atomic E-state index is 9.42. The van der Waals surface area contributed by atoms with Gasteiger partial charge in [0.05, 0.1) is 51.8 Å². The Bertz CT molecular complexity index is 192. The second kappa shape index (κ2) is 15.1. The molecule has 7 nitrogen and oxygen atoms in total. The molecule has 0 aliphatic carbocycles. The molecule has 0 bridgehead atoms. The number of rotatable bonds is 15. The van der Waals surface area contributed by atoms with Gasteiger partial charge in [-0.2, -0.15) is 0 Å². The van der Waals surface area contributed by atoms with Crippen molar-refractivity contribution in [3.8, 4) is 0 Å². The van der Waals surface area contributed by atoms with Crippen LogP contribution in [-0.2, 0) is 18.9 Å². The Morgan fingerprint density at radius 1 is 0.850 bits per heavy atom. The van der Waals surface area contributed by atoms with Crippen LogP contribution in [0.15, 0.2) is 0 Å². The zero-order valence-corrected chi connectivity index (χ0v) is 12.2. The predicted molar refractivity (Wildman–Crippen MR) is 72.7 cm³/mol. The van der Waals surface area contributed by atoms with Gasteiger partial charge in [0.25, 0.3) is 0 Å². The van der Waals surface area contributed by atoms with Crippen molar-refractivity contribution in [1.29, 1.82) is 0 Å². The highest BCUT2D eigenvalue weighted by atomic mass is 16.5. The molecule has 0 saturated carbocycles. The van der Waals surface area contributed by atoms with E-state index in [9.17, 15) is 5.11 Å². The van der Waals surface area contributed by atoms with Gasteiger partial charge in [-0.05, 0) is 12.8 Å². The molecule has 122 valence electrons. The zero-order valence-electron chi connectivity index (χ0n) is 12.2. The van der Waals surface area contributed by atoms with Crippen molar-refractivity contribution in [2.75, 3.05) is 60.0 Å². The van der Waals surface area contributed by atoms with Crippen LogP contribution in [0.5, 0.6) is 0 Å². The van der Waals surface area contributed by atoms with E-state index in [1.54, 1.807) is 7.11 Å². The molecule has 0 fully saturated rings. The molecule has 0 aromatic carbocycles. The number of aliphatic hydroxyl groups excluding tert-OH is 3. The van der Waals surface area contributed by atoms with Crippen molar-refractivity contribution in [3.05, 3.63) is 0 Å². The third-order valence-corrected chi connectivity index (χ3v) is 2.52. The lowest BCUT2D eigenvalue weighted by atomic mass is 10.2. The van der Waals surface area contributed by atoms with E-state index < -0.39 is 6.10 Å². The molecule has 2 unspecified atom stereocenters. The third-order valence-electron chi connectivity index (χ3n) is 2.52. The summed E-state index contributed by atoms with van der Waals surface area (Å²) < 4.78 is 20.8. The van der Waals surface area contributed by atoms with Crippen LogP contribution in [0.4, 0.5) is 0 Å². The highest BCUT2D eigenvalue weighted by Gasteiger charge is 2.10. The molecule has 7 heteroatoms. The van der Waals surface area contributed by atoms with Crippen molar-refractivity contribution in [3.63, 3.8) is 0 Å². The molecule has 0 heterocycles. The van der Waals surface area contributed by atoms with E-state index in [1.165, 1.54) is 0 Å². The monoisotopic (exact) mass is 296 g/mol. The number of aliphatic hydroxyl groups is 3. The molecular weight excluding hydrogens is 268 g/mol. The van der Waals surface area contributed by atoms with Gasteiger partial charge in [0, 0.05) is 20.3 Å². The first-order chi connectivity index (χ1) is 9.74. The molecule has 0 aromatic rings. The summed E-state index contributed by atoms with van der Waals surface area (Å²) in [5.74, 6) is 0. The second-order valence-electron chi connectivity index (χ2n) is 4.31. The second-order valence-corrected chi connectivity index (χ2v) is 4.31. The van der Waals surface area contributed by atoms with E-state index in [0.717, 1.165) is 0 Å². The minimum absolute atomic E-state index is 0.0272. The van der Waals surface area contributed by atoms with Crippen LogP contribution in [-0.4, -0.2) is 87.5 Å². The molecule has 0 aromatic heterocycles. The Morgan fingerprint density at radius 2 is 1.55 bits per heavy atom. The Kier molecular flexibility index (Phi) is 14.9. The summed E-state index contributed by atoms with van der Waals surface area (Å²) in [6.07, 6.45) is 0.481. The fourth-order valence-electron chi connectivity index (χ4n) is 1.53. The number of hydrogen-bond donors (Lipinski definition) is 3. The predicted octanol–water partition coefficient (Wildman–Crippen LogP) is -0.823. The van der Waals surface area contributed by atoms with E-state index in [0.29, 0.717) is 39.3 Å². The first-order valence-electron chi connectivity index (χ1n) is 6.90. The molecular formula is C13H28O7. The zero-order chi connectivity index (χ0) is 15.1. The van der Waals surface area contributed by atoms with E-state index >= 15 is 0 Å². The minimum atomic E-state index is -0.505. The fourth-order valence-corrected chi connectivity index (χ4v) is 1.53. The first-order valence-corrected chi connectivity index (χ1v) is 6.90. The summed E-state index contributed by atoms with van der Waals surface area (Å²) in [4.78, 5) is 0. The van der Waals surface area contributed by atoms with Crippen molar-refractivity contribution >= 4 is 0 Å². The molecule has 2 atom stereocenters. The highest BCUT2D eigenvalue weighted by Crippen LogP contribution is 2.02. The van der Waals surface area contributed by atoms with Gasteiger partial charge in [0.15, 0.2) is 0 Å². The van der Waals surface area contributed by atoms with Crippen LogP contribution in [0.3, 0.4) is 0 Å². The molecule has 0 aliphatic rings. The van der Waals surface area contributed by atoms with Gasteiger partial charge in [-0.25, -0.2) is 0 Å². The fraction of sp³-hybridized carbons (Fsp3) is 1.00. The maximum Gasteiger partial charge on any atom is 0.0831 e. The quantitative estimate of drug-likeness (QED) is 0.340. The van der Waals surface area contributed by atoms with E-state index in [2.05, 4.69) is 0 Å². The average molecular weight is 296 g/mol. The SMILES string of the molecule is COCC(O)CCOCCC(COCCO)OCCO. The van der Waals surface area contributed by atoms with Crippen molar-refractivity contribution in [2.45, 2.75) is 25.0 Å². The van der Waals surface area contributed by atoms with Gasteiger partial charge >= 0.3 is 0 Å². The largest absolute Gasteiger partial charge is 0.394 e. The summed E-state index contributed by atoms with van der Waals surface area (Å²) in [5.41, 5.74) is 0. The lowest BCUT2D eigenvalue weighted by Gasteiger charge is -2.17. The molecule has 0 spiro atoms. The van der Waals surface area contributed by atoms with Crippen LogP contribution in [0, 0.1) is 0 Å². The molecule has 20 heavy (non-hydrogen) atoms. The van der Waals surface area contributed by atoms with E-state index in [4.69, 9.17) is 29.2 Å². The van der Waals surface area contributed by atoms with E-state index in [1.807, 2.05) is 0 Å². The van der Waals surface area contributed by atoms with Gasteiger partial charge < -0.3 is 34.3 Å². The lowest BCUT2D eigenvalue weighted by Crippen LogP contribution is -2.24. The molecule has 0 saturated heterocycles. The van der Waals surface area contributed by atoms with Crippen molar-refractivity contribution in [2.24, 2.45) is 0 Å². The van der Waals surface area contributed by atoms with Crippen LogP contribution < -0.4 is 0 Å². The summed E-state index contributed by atoms with van der Waals surface area (Å²) in [6, 6.07) is 0. The number of hydrogen-bond acceptors (Lipinski definition) is 7. The number of methoxy groups -OCH3 is 1. The summed E-state index contributed by atoms with van der Waals surface area (Å²) in [6.45, 7) is 2.05. The third kappa shape index (κ3) is 12.7. The molecule has 0 aliphatic heterocycles. The molecule has 0 amide bonds. The summed E-state index contributed by atoms with van der Waals surface area (Å²) in [7, 11) is 1.54. The molecule has 0 radical (unpaired) electrons. The van der Waals surface area contributed by atoms with Gasteiger partial charge in [0.1, 0.15) is 0 Å². The van der Waals surface area contributed by atoms with Gasteiger partial charge in [-0.3, -0.25) is 0 Å². The van der Waals surface area contributed by atoms with Crippen molar-refractivity contribution < 1.29 is 34.3 Å². The topological polar surface area (TPSA) is 97.6 Å². The smallest absolute Gasteiger partial charge is 0.0831 e. The van der Waals surface area contributed by atoms with Crippen LogP contribution in [0.2, 0.25) is 0 Å². The Morgan fingerprint density at radius 3 is 2.20 bits per heavy atom. The van der Waals surface area contributed by atoms with Gasteiger partial charge in [0.2, 0.25) is 0 Å². The Balaban J connectivity index is 3.61. The molecule has 3 N–H and O–H groups in total. The lowest BCUT2D eigenvalue weighted by molar-refractivity contribution is -0.0488. The molecule has 0 rings (SSSR count).